The van der Waals surface area contributed by atoms with E-state index in [1.807, 2.05) is 55.6 Å². The molecule has 0 fully saturated rings. The van der Waals surface area contributed by atoms with Crippen LogP contribution in [0.2, 0.25) is 0 Å². The molecule has 0 aromatic heterocycles. The molecule has 0 saturated heterocycles. The van der Waals surface area contributed by atoms with Crippen molar-refractivity contribution in [3.05, 3.63) is 121 Å². The van der Waals surface area contributed by atoms with E-state index in [0.29, 0.717) is 22.9 Å². The van der Waals surface area contributed by atoms with Crippen LogP contribution in [0.1, 0.15) is 12.5 Å². The van der Waals surface area contributed by atoms with E-state index in [-0.39, 0.29) is 22.2 Å². The Balaban J connectivity index is 0.00000506. The summed E-state index contributed by atoms with van der Waals surface area (Å²) in [6.45, 7) is 1.83. The van der Waals surface area contributed by atoms with Gasteiger partial charge in [-0.1, -0.05) is 66.7 Å². The molecule has 43 heavy (non-hydrogen) atoms. The number of thioether (sulfide) groups is 1. The van der Waals surface area contributed by atoms with Gasteiger partial charge in [0.25, 0.3) is 0 Å². The Labute approximate surface area is 280 Å². The molecule has 0 aliphatic carbocycles. The van der Waals surface area contributed by atoms with Crippen LogP contribution >= 0.6 is 19.0 Å². The number of rotatable bonds is 10. The van der Waals surface area contributed by atoms with Crippen molar-refractivity contribution in [1.82, 2.24) is 10.6 Å². The van der Waals surface area contributed by atoms with Crippen molar-refractivity contribution < 1.29 is 17.1 Å². The summed E-state index contributed by atoms with van der Waals surface area (Å²) >= 11 is 12.5. The van der Waals surface area contributed by atoms with E-state index in [0.717, 1.165) is 10.5 Å². The molecule has 4 aromatic rings. The van der Waals surface area contributed by atoms with Crippen LogP contribution in [0.5, 0.6) is 0 Å². The maximum Gasteiger partial charge on any atom is 2.00 e. The van der Waals surface area contributed by atoms with Crippen molar-refractivity contribution in [2.24, 2.45) is 20.4 Å². The number of amidine groups is 2. The van der Waals surface area contributed by atoms with Crippen LogP contribution in [-0.4, -0.2) is 41.3 Å². The van der Waals surface area contributed by atoms with Gasteiger partial charge in [0.05, 0.1) is 5.71 Å². The van der Waals surface area contributed by atoms with Crippen LogP contribution in [0.15, 0.2) is 141 Å². The van der Waals surface area contributed by atoms with E-state index >= 15 is 0 Å². The molecule has 0 bridgehead atoms. The Morgan fingerprint density at radius 1 is 0.674 bits per heavy atom. The SMILES string of the molecule is CN/C([S-])=N/N=C(/C(C)=N/N=C(\[S-])NC[P+](c1ccccc1)(c1ccccc1)c1ccccc1)c1ccc(SC)cc1.[Cu+2]. The molecule has 0 aliphatic heterocycles. The molecule has 11 heteroatoms. The van der Waals surface area contributed by atoms with Crippen LogP contribution in [0.4, 0.5) is 0 Å². The first-order valence-corrected chi connectivity index (χ1v) is 17.2. The Kier molecular flexibility index (Phi) is 13.8. The molecule has 4 aromatic carbocycles. The van der Waals surface area contributed by atoms with E-state index < -0.39 is 7.26 Å². The van der Waals surface area contributed by atoms with Gasteiger partial charge in [0, 0.05) is 22.7 Å². The van der Waals surface area contributed by atoms with Crippen molar-refractivity contribution in [2.75, 3.05) is 19.6 Å². The Morgan fingerprint density at radius 3 is 1.58 bits per heavy atom. The van der Waals surface area contributed by atoms with Gasteiger partial charge < -0.3 is 35.9 Å². The Morgan fingerprint density at radius 2 is 1.14 bits per heavy atom. The normalized spacial score (nSPS) is 12.8. The summed E-state index contributed by atoms with van der Waals surface area (Å²) < 4.78 is 0. The minimum Gasteiger partial charge on any atom is -0.741 e. The number of hydrogen-bond acceptors (Lipinski definition) is 7. The first-order chi connectivity index (χ1) is 20.5. The molecule has 223 valence electrons. The third kappa shape index (κ3) is 8.96. The van der Waals surface area contributed by atoms with Crippen LogP contribution in [0.3, 0.4) is 0 Å². The maximum absolute atomic E-state index is 5.69. The smallest absolute Gasteiger partial charge is 0.741 e. The molecule has 0 atom stereocenters. The monoisotopic (exact) mass is 690 g/mol. The van der Waals surface area contributed by atoms with Crippen LogP contribution in [0.25, 0.3) is 0 Å². The van der Waals surface area contributed by atoms with Crippen LogP contribution in [-0.2, 0) is 42.3 Å². The van der Waals surface area contributed by atoms with Crippen molar-refractivity contribution in [1.29, 1.82) is 0 Å². The van der Waals surface area contributed by atoms with Gasteiger partial charge in [-0.25, -0.2) is 0 Å². The molecule has 0 unspecified atom stereocenters. The average Bonchev–Trinajstić information content (AvgIpc) is 3.05. The summed E-state index contributed by atoms with van der Waals surface area (Å²) in [5, 5.41) is 27.9. The van der Waals surface area contributed by atoms with Gasteiger partial charge in [-0.15, -0.1) is 16.9 Å². The van der Waals surface area contributed by atoms with Gasteiger partial charge >= 0.3 is 17.1 Å². The Bertz CT molecular complexity index is 1470. The van der Waals surface area contributed by atoms with Gasteiger partial charge in [0.2, 0.25) is 0 Å². The fourth-order valence-corrected chi connectivity index (χ4v) is 8.93. The molecular formula is C32H32CuN6PS3+. The molecule has 6 nitrogen and oxygen atoms in total. The maximum atomic E-state index is 5.69. The standard InChI is InChI=1S/C32H33N6PS3.Cu/c1-24(30(36-37-31(40)33-2)25-19-21-29(42-3)22-20-25)35-38-32(41)34-23-39(26-13-7-4-8-14-26,27-15-9-5-10-16-27)28-17-11-6-12-18-28;/h4-22H,23H2,1-3H3,(H3-,33,34,35,36,37,38,40,41);/q;+2/p-1. The summed E-state index contributed by atoms with van der Waals surface area (Å²) in [6, 6.07) is 39.9. The Hall–Kier alpha value is -3.10. The second kappa shape index (κ2) is 17.3. The van der Waals surface area contributed by atoms with E-state index in [2.05, 4.69) is 104 Å². The molecule has 2 N–H and O–H groups in total. The fraction of sp³-hybridized carbons (Fsp3) is 0.125. The third-order valence-corrected chi connectivity index (χ3v) is 11.9. The summed E-state index contributed by atoms with van der Waals surface area (Å²) in [4.78, 5) is 1.15. The quantitative estimate of drug-likeness (QED) is 0.0464. The zero-order valence-electron chi connectivity index (χ0n) is 23.9. The molecule has 0 spiro atoms. The zero-order chi connectivity index (χ0) is 29.8. The van der Waals surface area contributed by atoms with Crippen molar-refractivity contribution >= 4 is 82.0 Å². The van der Waals surface area contributed by atoms with Gasteiger partial charge in [-0.2, -0.15) is 15.3 Å². The average molecular weight is 691 g/mol. The topological polar surface area (TPSA) is 73.5 Å². The minimum absolute atomic E-state index is 0. The predicted octanol–water partition coefficient (Wildman–Crippen LogP) is 5.05. The molecule has 0 amide bonds. The first-order valence-electron chi connectivity index (χ1n) is 13.2. The molecule has 0 saturated carbocycles. The molecule has 0 heterocycles. The predicted molar refractivity (Wildman–Crippen MR) is 190 cm³/mol. The van der Waals surface area contributed by atoms with E-state index in [9.17, 15) is 0 Å². The second-order valence-corrected chi connectivity index (χ2v) is 14.2. The van der Waals surface area contributed by atoms with Gasteiger partial charge in [0.15, 0.2) is 0 Å². The largest absolute Gasteiger partial charge is 2.00 e. The van der Waals surface area contributed by atoms with Gasteiger partial charge in [-0.05, 0) is 66.9 Å². The molecule has 0 aliphatic rings. The number of hydrogen-bond donors (Lipinski definition) is 2. The van der Waals surface area contributed by atoms with Crippen LogP contribution < -0.4 is 26.5 Å². The number of nitrogens with one attached hydrogen (secondary N) is 2. The van der Waals surface area contributed by atoms with Crippen molar-refractivity contribution in [2.45, 2.75) is 11.8 Å². The molecule has 4 rings (SSSR count). The fourth-order valence-electron chi connectivity index (χ4n) is 4.39. The summed E-state index contributed by atoms with van der Waals surface area (Å²) in [6.07, 6.45) is 2.62. The summed E-state index contributed by atoms with van der Waals surface area (Å²) in [5.41, 5.74) is 1.98. The van der Waals surface area contributed by atoms with E-state index in [4.69, 9.17) is 25.3 Å². The molecule has 1 radical (unpaired) electrons. The summed E-state index contributed by atoms with van der Waals surface area (Å²) in [5.74, 6) is 0. The first kappa shape index (κ1) is 34.4. The number of benzene rings is 4. The van der Waals surface area contributed by atoms with E-state index in [1.165, 1.54) is 15.9 Å². The summed E-state index contributed by atoms with van der Waals surface area (Å²) in [7, 11) is -0.418. The van der Waals surface area contributed by atoms with Gasteiger partial charge in [0.1, 0.15) is 35.2 Å². The van der Waals surface area contributed by atoms with Gasteiger partial charge in [-0.3, -0.25) is 0 Å². The van der Waals surface area contributed by atoms with Crippen molar-refractivity contribution in [3.8, 4) is 0 Å². The minimum atomic E-state index is -2.12. The van der Waals surface area contributed by atoms with Crippen molar-refractivity contribution in [3.63, 3.8) is 0 Å². The molecular weight excluding hydrogens is 659 g/mol. The zero-order valence-corrected chi connectivity index (χ0v) is 28.2. The van der Waals surface area contributed by atoms with Crippen LogP contribution in [0, 0.1) is 0 Å². The third-order valence-electron chi connectivity index (χ3n) is 6.51. The number of nitrogens with zero attached hydrogens (tertiary/aromatic N) is 4. The van der Waals surface area contributed by atoms with E-state index in [1.54, 1.807) is 18.8 Å². The second-order valence-electron chi connectivity index (χ2n) is 9.07.